The Morgan fingerprint density at radius 2 is 1.78 bits per heavy atom. The average Bonchev–Trinajstić information content (AvgIpc) is 3.61. The molecule has 2 aromatic heterocycles. The fourth-order valence-electron chi connectivity index (χ4n) is 6.19. The molecular formula is C33H44N4O7Si. The van der Waals surface area contributed by atoms with Gasteiger partial charge in [-0.2, -0.15) is 0 Å². The second kappa shape index (κ2) is 12.9. The summed E-state index contributed by atoms with van der Waals surface area (Å²) in [6.07, 6.45) is 5.81. The maximum absolute atomic E-state index is 14.0. The van der Waals surface area contributed by atoms with Gasteiger partial charge < -0.3 is 39.3 Å². The van der Waals surface area contributed by atoms with Crippen molar-refractivity contribution in [1.82, 2.24) is 20.2 Å². The molecule has 0 radical (unpaired) electrons. The van der Waals surface area contributed by atoms with Crippen LogP contribution in [-0.4, -0.2) is 66.8 Å². The van der Waals surface area contributed by atoms with E-state index in [0.29, 0.717) is 73.1 Å². The number of carbonyl (C=O) groups excluding carboxylic acids is 1. The van der Waals surface area contributed by atoms with Gasteiger partial charge in [0.15, 0.2) is 11.5 Å². The van der Waals surface area contributed by atoms with Crippen molar-refractivity contribution in [2.24, 2.45) is 5.92 Å². The van der Waals surface area contributed by atoms with E-state index in [4.69, 9.17) is 29.0 Å². The highest BCUT2D eigenvalue weighted by molar-refractivity contribution is 6.76. The summed E-state index contributed by atoms with van der Waals surface area (Å²) in [6, 6.07) is 6.65. The maximum Gasteiger partial charge on any atom is 0.404 e. The second-order valence-electron chi connectivity index (χ2n) is 13.7. The fraction of sp³-hybridized carbons (Fsp3) is 0.545. The first kappa shape index (κ1) is 31.2. The number of hydrogen-bond donors (Lipinski definition) is 3. The van der Waals surface area contributed by atoms with Crippen molar-refractivity contribution in [3.05, 3.63) is 35.7 Å². The number of nitrogens with zero attached hydrogens (tertiary/aromatic N) is 2. The number of amides is 2. The molecule has 0 atom stereocenters. The highest BCUT2D eigenvalue weighted by Gasteiger charge is 2.31. The van der Waals surface area contributed by atoms with Crippen molar-refractivity contribution >= 4 is 31.1 Å². The van der Waals surface area contributed by atoms with Crippen molar-refractivity contribution < 1.29 is 33.6 Å². The van der Waals surface area contributed by atoms with Crippen LogP contribution in [0, 0.1) is 12.8 Å². The summed E-state index contributed by atoms with van der Waals surface area (Å²) >= 11 is 0. The van der Waals surface area contributed by atoms with E-state index in [-0.39, 0.29) is 31.5 Å². The molecule has 2 saturated carbocycles. The van der Waals surface area contributed by atoms with E-state index in [1.807, 2.05) is 29.7 Å². The predicted octanol–water partition coefficient (Wildman–Crippen LogP) is 6.15. The van der Waals surface area contributed by atoms with Crippen LogP contribution in [0.1, 0.15) is 54.6 Å². The first-order valence-corrected chi connectivity index (χ1v) is 19.7. The zero-order valence-corrected chi connectivity index (χ0v) is 27.6. The minimum absolute atomic E-state index is 0.0521. The molecular weight excluding hydrogens is 592 g/mol. The van der Waals surface area contributed by atoms with Crippen molar-refractivity contribution in [3.63, 3.8) is 0 Å². The molecule has 6 rings (SSSR count). The summed E-state index contributed by atoms with van der Waals surface area (Å²) < 4.78 is 26.5. The molecule has 1 aromatic carbocycles. The topological polar surface area (TPSA) is 133 Å². The van der Waals surface area contributed by atoms with Gasteiger partial charge in [0, 0.05) is 44.2 Å². The molecule has 0 saturated heterocycles. The summed E-state index contributed by atoms with van der Waals surface area (Å²) in [7, 11) is -1.31. The molecule has 0 spiro atoms. The summed E-state index contributed by atoms with van der Waals surface area (Å²) in [6.45, 7) is 10.6. The average molecular weight is 637 g/mol. The molecule has 45 heavy (non-hydrogen) atoms. The van der Waals surface area contributed by atoms with E-state index in [0.717, 1.165) is 28.4 Å². The van der Waals surface area contributed by atoms with E-state index in [1.54, 1.807) is 6.20 Å². The highest BCUT2D eigenvalue weighted by Crippen LogP contribution is 2.49. The largest absolute Gasteiger partial charge is 0.493 e. The van der Waals surface area contributed by atoms with E-state index < -0.39 is 14.2 Å². The number of rotatable bonds is 12. The first-order valence-electron chi connectivity index (χ1n) is 16.0. The van der Waals surface area contributed by atoms with Gasteiger partial charge in [-0.3, -0.25) is 9.78 Å². The Labute approximate surface area is 264 Å². The summed E-state index contributed by atoms with van der Waals surface area (Å²) in [4.78, 5) is 29.8. The zero-order valence-electron chi connectivity index (χ0n) is 26.6. The van der Waals surface area contributed by atoms with Crippen LogP contribution in [0.5, 0.6) is 17.2 Å². The van der Waals surface area contributed by atoms with Gasteiger partial charge >= 0.3 is 6.09 Å². The number of carbonyl (C=O) groups is 2. The van der Waals surface area contributed by atoms with E-state index in [1.165, 1.54) is 12.8 Å². The number of hydrogen-bond acceptors (Lipinski definition) is 7. The molecule has 11 nitrogen and oxygen atoms in total. The van der Waals surface area contributed by atoms with Gasteiger partial charge in [-0.15, -0.1) is 0 Å². The van der Waals surface area contributed by atoms with Crippen molar-refractivity contribution in [2.45, 2.75) is 89.9 Å². The van der Waals surface area contributed by atoms with Gasteiger partial charge in [-0.25, -0.2) is 4.79 Å². The molecule has 2 fully saturated rings. The maximum atomic E-state index is 14.0. The third-order valence-electron chi connectivity index (χ3n) is 8.97. The van der Waals surface area contributed by atoms with Crippen LogP contribution in [0.15, 0.2) is 24.4 Å². The Morgan fingerprint density at radius 1 is 1.04 bits per heavy atom. The Hall–Kier alpha value is -3.77. The van der Waals surface area contributed by atoms with Gasteiger partial charge in [0.2, 0.25) is 6.79 Å². The van der Waals surface area contributed by atoms with Crippen LogP contribution >= 0.6 is 0 Å². The molecule has 1 aliphatic heterocycles. The summed E-state index contributed by atoms with van der Waals surface area (Å²) in [5.74, 6) is 2.36. The molecule has 2 aliphatic carbocycles. The molecule has 0 unspecified atom stereocenters. The van der Waals surface area contributed by atoms with Gasteiger partial charge in [-0.1, -0.05) is 19.6 Å². The minimum atomic E-state index is -1.31. The van der Waals surface area contributed by atoms with E-state index >= 15 is 0 Å². The third kappa shape index (κ3) is 7.06. The number of fused-ring (bicyclic) bond motifs is 2. The molecule has 2 amide bonds. The van der Waals surface area contributed by atoms with Crippen LogP contribution in [0.25, 0.3) is 22.2 Å². The van der Waals surface area contributed by atoms with Crippen molar-refractivity contribution in [2.75, 3.05) is 20.0 Å². The highest BCUT2D eigenvalue weighted by atomic mass is 28.3. The lowest BCUT2D eigenvalue weighted by Crippen LogP contribution is -2.43. The zero-order chi connectivity index (χ0) is 31.7. The smallest absolute Gasteiger partial charge is 0.404 e. The number of aromatic nitrogens is 2. The van der Waals surface area contributed by atoms with Crippen LogP contribution in [-0.2, 0) is 11.5 Å². The van der Waals surface area contributed by atoms with Crippen LogP contribution in [0.2, 0.25) is 25.7 Å². The van der Waals surface area contributed by atoms with Gasteiger partial charge in [0.05, 0.1) is 23.3 Å². The fourth-order valence-corrected chi connectivity index (χ4v) is 6.95. The summed E-state index contributed by atoms with van der Waals surface area (Å²) in [5.41, 5.74) is 4.27. The monoisotopic (exact) mass is 636 g/mol. The molecule has 12 heteroatoms. The molecule has 3 aromatic rings. The minimum Gasteiger partial charge on any atom is -0.493 e. The van der Waals surface area contributed by atoms with Crippen LogP contribution in [0.3, 0.4) is 0 Å². The molecule has 3 aliphatic rings. The number of benzene rings is 1. The number of nitrogens with one attached hydrogen (secondary N) is 2. The number of ether oxygens (including phenoxy) is 4. The Morgan fingerprint density at radius 3 is 2.47 bits per heavy atom. The van der Waals surface area contributed by atoms with Crippen molar-refractivity contribution in [1.29, 1.82) is 0 Å². The predicted molar refractivity (Wildman–Crippen MR) is 173 cm³/mol. The molecule has 3 N–H and O–H groups in total. The first-order chi connectivity index (χ1) is 21.6. The Kier molecular flexibility index (Phi) is 8.96. The van der Waals surface area contributed by atoms with Crippen molar-refractivity contribution in [3.8, 4) is 28.4 Å². The normalized spacial score (nSPS) is 19.5. The number of carboxylic acid groups (broad SMARTS) is 1. The van der Waals surface area contributed by atoms with E-state index in [2.05, 4.69) is 30.3 Å². The Balaban J connectivity index is 1.38. The lowest BCUT2D eigenvalue weighted by molar-refractivity contribution is 0.0877. The van der Waals surface area contributed by atoms with Crippen LogP contribution < -0.4 is 24.8 Å². The lowest BCUT2D eigenvalue weighted by atomic mass is 9.91. The standard InChI is InChI=1S/C33H44N4O7Si/c1-20-27(32(38)35-22-7-9-23(10-8-22)36-33(39)40)29-30(37(20)18-41-15-16-45(2,3)4)24(13-14-34-29)28-25(42-17-21-5-6-21)11-12-26-31(28)44-19-43-26/h11-14,21-23,36H,5-10,15-19H2,1-4H3,(H,35,38)(H,39,40)/t22-,23+. The van der Waals surface area contributed by atoms with Gasteiger partial charge in [0.25, 0.3) is 5.91 Å². The SMILES string of the molecule is Cc1c(C(=O)N[C@H]2CC[C@@H](NC(=O)O)CC2)c2nccc(-c3c(OCC4CC4)ccc4c3OCO4)c2n1COCC[Si](C)(C)C. The van der Waals surface area contributed by atoms with Gasteiger partial charge in [0.1, 0.15) is 18.0 Å². The Bertz CT molecular complexity index is 1570. The molecule has 3 heterocycles. The lowest BCUT2D eigenvalue weighted by Gasteiger charge is -2.28. The molecule has 242 valence electrons. The second-order valence-corrected chi connectivity index (χ2v) is 19.3. The third-order valence-corrected chi connectivity index (χ3v) is 10.7. The summed E-state index contributed by atoms with van der Waals surface area (Å²) in [5, 5.41) is 14.9. The van der Waals surface area contributed by atoms with E-state index in [9.17, 15) is 9.59 Å². The van der Waals surface area contributed by atoms with Crippen LogP contribution in [0.4, 0.5) is 4.79 Å². The van der Waals surface area contributed by atoms with Gasteiger partial charge in [-0.05, 0) is 75.6 Å². The molecule has 0 bridgehead atoms. The quantitative estimate of drug-likeness (QED) is 0.159. The number of pyridine rings is 1.